The number of rotatable bonds is 3. The number of hydrogen-bond donors (Lipinski definition) is 2. The number of nitrogens with one attached hydrogen (secondary N) is 1. The third-order valence-electron chi connectivity index (χ3n) is 2.36. The zero-order chi connectivity index (χ0) is 12.3. The lowest BCUT2D eigenvalue weighted by molar-refractivity contribution is 0.589. The van der Waals surface area contributed by atoms with Gasteiger partial charge in [0, 0.05) is 18.5 Å². The van der Waals surface area contributed by atoms with E-state index >= 15 is 0 Å². The molecule has 0 bridgehead atoms. The summed E-state index contributed by atoms with van der Waals surface area (Å²) in [6.07, 6.45) is 1.62. The van der Waals surface area contributed by atoms with Crippen molar-refractivity contribution in [2.45, 2.75) is 32.7 Å². The molecule has 1 aromatic rings. The fourth-order valence-electron chi connectivity index (χ4n) is 1.44. The zero-order valence-electron chi connectivity index (χ0n) is 10.3. The minimum Gasteiger partial charge on any atom is -0.399 e. The zero-order valence-corrected chi connectivity index (χ0v) is 11.1. The van der Waals surface area contributed by atoms with Crippen LogP contribution >= 0.6 is 0 Å². The van der Waals surface area contributed by atoms with Gasteiger partial charge >= 0.3 is 0 Å². The van der Waals surface area contributed by atoms with Crippen molar-refractivity contribution >= 4 is 16.7 Å². The quantitative estimate of drug-likeness (QED) is 0.793. The van der Waals surface area contributed by atoms with E-state index in [1.165, 1.54) is 5.56 Å². The van der Waals surface area contributed by atoms with Crippen molar-refractivity contribution in [1.29, 1.82) is 0 Å². The SMILES string of the molecule is CS(=O)NCc1cc(N)cc(C(C)(C)C)c1. The highest BCUT2D eigenvalue weighted by atomic mass is 32.2. The molecular formula is C12H20N2OS. The topological polar surface area (TPSA) is 55.1 Å². The van der Waals surface area contributed by atoms with Gasteiger partial charge in [0.1, 0.15) is 0 Å². The molecule has 0 aliphatic rings. The molecule has 1 rings (SSSR count). The molecule has 0 spiro atoms. The summed E-state index contributed by atoms with van der Waals surface area (Å²) < 4.78 is 13.8. The summed E-state index contributed by atoms with van der Waals surface area (Å²) in [6.45, 7) is 7.03. The van der Waals surface area contributed by atoms with Crippen LogP contribution in [0, 0.1) is 0 Å². The van der Waals surface area contributed by atoms with Crippen LogP contribution in [-0.2, 0) is 22.9 Å². The first-order chi connectivity index (χ1) is 7.29. The van der Waals surface area contributed by atoms with Crippen LogP contribution in [0.4, 0.5) is 5.69 Å². The number of anilines is 1. The molecule has 0 radical (unpaired) electrons. The van der Waals surface area contributed by atoms with Gasteiger partial charge in [0.15, 0.2) is 0 Å². The van der Waals surface area contributed by atoms with Gasteiger partial charge in [-0.2, -0.15) is 0 Å². The highest BCUT2D eigenvalue weighted by Crippen LogP contribution is 2.25. The molecule has 3 N–H and O–H groups in total. The highest BCUT2D eigenvalue weighted by molar-refractivity contribution is 7.82. The summed E-state index contributed by atoms with van der Waals surface area (Å²) in [4.78, 5) is 0. The molecule has 0 fully saturated rings. The molecule has 16 heavy (non-hydrogen) atoms. The molecular weight excluding hydrogens is 220 g/mol. The molecule has 0 amide bonds. The molecule has 90 valence electrons. The maximum Gasteiger partial charge on any atom is 0.0886 e. The maximum atomic E-state index is 11.0. The second kappa shape index (κ2) is 4.97. The van der Waals surface area contributed by atoms with Crippen LogP contribution in [0.1, 0.15) is 31.9 Å². The fourth-order valence-corrected chi connectivity index (χ4v) is 1.81. The van der Waals surface area contributed by atoms with E-state index in [0.29, 0.717) is 6.54 Å². The molecule has 0 saturated carbocycles. The maximum absolute atomic E-state index is 11.0. The van der Waals surface area contributed by atoms with E-state index < -0.39 is 11.0 Å². The predicted molar refractivity (Wildman–Crippen MR) is 70.5 cm³/mol. The van der Waals surface area contributed by atoms with Crippen molar-refractivity contribution in [2.24, 2.45) is 0 Å². The Kier molecular flexibility index (Phi) is 4.10. The summed E-state index contributed by atoms with van der Waals surface area (Å²) in [5.74, 6) is 0. The minimum absolute atomic E-state index is 0.0789. The van der Waals surface area contributed by atoms with Gasteiger partial charge in [-0.1, -0.05) is 26.8 Å². The summed E-state index contributed by atoms with van der Waals surface area (Å²) in [5, 5.41) is 0. The molecule has 0 heterocycles. The van der Waals surface area contributed by atoms with E-state index in [2.05, 4.69) is 31.6 Å². The average molecular weight is 240 g/mol. The van der Waals surface area contributed by atoms with Crippen LogP contribution < -0.4 is 10.5 Å². The van der Waals surface area contributed by atoms with Gasteiger partial charge in [-0.15, -0.1) is 0 Å². The Morgan fingerprint density at radius 2 is 1.94 bits per heavy atom. The van der Waals surface area contributed by atoms with Crippen LogP contribution in [-0.4, -0.2) is 10.5 Å². The monoisotopic (exact) mass is 240 g/mol. The summed E-state index contributed by atoms with van der Waals surface area (Å²) in [6, 6.07) is 6.01. The second-order valence-electron chi connectivity index (χ2n) is 4.99. The first-order valence-corrected chi connectivity index (χ1v) is 6.81. The molecule has 0 saturated heterocycles. The third-order valence-corrected chi connectivity index (χ3v) is 2.91. The van der Waals surface area contributed by atoms with Gasteiger partial charge in [-0.25, -0.2) is 8.93 Å². The molecule has 0 aliphatic carbocycles. The van der Waals surface area contributed by atoms with Gasteiger partial charge in [-0.05, 0) is 28.7 Å². The molecule has 1 atom stereocenters. The number of nitrogen functional groups attached to an aromatic ring is 1. The van der Waals surface area contributed by atoms with E-state index in [1.807, 2.05) is 12.1 Å². The minimum atomic E-state index is -0.991. The van der Waals surface area contributed by atoms with Crippen molar-refractivity contribution in [1.82, 2.24) is 4.72 Å². The van der Waals surface area contributed by atoms with Crippen LogP contribution in [0.2, 0.25) is 0 Å². The van der Waals surface area contributed by atoms with Gasteiger partial charge in [0.2, 0.25) is 0 Å². The summed E-state index contributed by atoms with van der Waals surface area (Å²) in [5.41, 5.74) is 8.96. The van der Waals surface area contributed by atoms with E-state index in [9.17, 15) is 4.21 Å². The summed E-state index contributed by atoms with van der Waals surface area (Å²) >= 11 is 0. The third kappa shape index (κ3) is 3.94. The van der Waals surface area contributed by atoms with E-state index in [-0.39, 0.29) is 5.41 Å². The fraction of sp³-hybridized carbons (Fsp3) is 0.500. The largest absolute Gasteiger partial charge is 0.399 e. The van der Waals surface area contributed by atoms with Crippen molar-refractivity contribution in [3.8, 4) is 0 Å². The van der Waals surface area contributed by atoms with Gasteiger partial charge in [0.05, 0.1) is 11.0 Å². The normalized spacial score (nSPS) is 13.8. The molecule has 4 heteroatoms. The smallest absolute Gasteiger partial charge is 0.0886 e. The van der Waals surface area contributed by atoms with Crippen LogP contribution in [0.25, 0.3) is 0 Å². The van der Waals surface area contributed by atoms with Crippen LogP contribution in [0.5, 0.6) is 0 Å². The summed E-state index contributed by atoms with van der Waals surface area (Å²) in [7, 11) is -0.991. The lowest BCUT2D eigenvalue weighted by atomic mass is 9.86. The molecule has 0 aliphatic heterocycles. The average Bonchev–Trinajstić information content (AvgIpc) is 2.12. The lowest BCUT2D eigenvalue weighted by Gasteiger charge is -2.20. The van der Waals surface area contributed by atoms with Crippen LogP contribution in [0.15, 0.2) is 18.2 Å². The first-order valence-electron chi connectivity index (χ1n) is 5.26. The Bertz CT molecular complexity index is 396. The van der Waals surface area contributed by atoms with E-state index in [1.54, 1.807) is 6.26 Å². The number of nitrogens with two attached hydrogens (primary N) is 1. The molecule has 1 unspecified atom stereocenters. The Morgan fingerprint density at radius 3 is 2.44 bits per heavy atom. The van der Waals surface area contributed by atoms with Crippen LogP contribution in [0.3, 0.4) is 0 Å². The Labute approximate surface area is 100 Å². The van der Waals surface area contributed by atoms with Crippen molar-refractivity contribution < 1.29 is 4.21 Å². The first kappa shape index (κ1) is 13.2. The van der Waals surface area contributed by atoms with Crippen molar-refractivity contribution in [3.05, 3.63) is 29.3 Å². The van der Waals surface area contributed by atoms with Gasteiger partial charge in [0.25, 0.3) is 0 Å². The number of hydrogen-bond acceptors (Lipinski definition) is 2. The molecule has 3 nitrogen and oxygen atoms in total. The van der Waals surface area contributed by atoms with Crippen molar-refractivity contribution in [2.75, 3.05) is 12.0 Å². The molecule has 0 aromatic heterocycles. The number of benzene rings is 1. The predicted octanol–water partition coefficient (Wildman–Crippen LogP) is 1.95. The van der Waals surface area contributed by atoms with Crippen molar-refractivity contribution in [3.63, 3.8) is 0 Å². The highest BCUT2D eigenvalue weighted by Gasteiger charge is 2.14. The van der Waals surface area contributed by atoms with Gasteiger partial charge < -0.3 is 5.73 Å². The van der Waals surface area contributed by atoms with Gasteiger partial charge in [-0.3, -0.25) is 0 Å². The molecule has 1 aromatic carbocycles. The standard InChI is InChI=1S/C12H20N2OS/c1-12(2,3)10-5-9(6-11(13)7-10)8-14-16(4)15/h5-7,14H,8,13H2,1-4H3. The van der Waals surface area contributed by atoms with E-state index in [0.717, 1.165) is 11.3 Å². The Hall–Kier alpha value is -0.870. The Balaban J connectivity index is 2.94. The lowest BCUT2D eigenvalue weighted by Crippen LogP contribution is -2.17. The Morgan fingerprint density at radius 1 is 1.31 bits per heavy atom. The second-order valence-corrected chi connectivity index (χ2v) is 6.19. The van der Waals surface area contributed by atoms with E-state index in [4.69, 9.17) is 5.73 Å².